The lowest BCUT2D eigenvalue weighted by Crippen LogP contribution is -2.34. The predicted molar refractivity (Wildman–Crippen MR) is 44.2 cm³/mol. The van der Waals surface area contributed by atoms with Crippen LogP contribution in [0.4, 0.5) is 0 Å². The average molecular weight is 153 g/mol. The van der Waals surface area contributed by atoms with E-state index in [1.807, 2.05) is 6.08 Å². The summed E-state index contributed by atoms with van der Waals surface area (Å²) in [5, 5.41) is 0. The van der Waals surface area contributed by atoms with Crippen LogP contribution in [0.25, 0.3) is 0 Å². The molecule has 0 aromatic carbocycles. The molecule has 0 aromatic heterocycles. The van der Waals surface area contributed by atoms with E-state index in [9.17, 15) is 0 Å². The van der Waals surface area contributed by atoms with E-state index in [2.05, 4.69) is 6.58 Å². The third-order valence-electron chi connectivity index (χ3n) is 2.92. The van der Waals surface area contributed by atoms with Crippen LogP contribution < -0.4 is 5.73 Å². The van der Waals surface area contributed by atoms with Crippen LogP contribution in [0.5, 0.6) is 0 Å². The largest absolute Gasteiger partial charge is 0.375 e. The molecule has 2 aliphatic rings. The summed E-state index contributed by atoms with van der Waals surface area (Å²) < 4.78 is 5.68. The van der Waals surface area contributed by atoms with Crippen LogP contribution in [0, 0.1) is 5.92 Å². The molecular weight excluding hydrogens is 138 g/mol. The molecule has 2 rings (SSSR count). The van der Waals surface area contributed by atoms with Crippen LogP contribution in [0.15, 0.2) is 12.7 Å². The van der Waals surface area contributed by atoms with Crippen molar-refractivity contribution in [1.29, 1.82) is 0 Å². The molecule has 2 N–H and O–H groups in total. The van der Waals surface area contributed by atoms with Crippen molar-refractivity contribution in [3.8, 4) is 0 Å². The predicted octanol–water partition coefficient (Wildman–Crippen LogP) is 1.07. The van der Waals surface area contributed by atoms with Crippen molar-refractivity contribution in [2.75, 3.05) is 0 Å². The zero-order valence-corrected chi connectivity index (χ0v) is 6.70. The highest BCUT2D eigenvalue weighted by Gasteiger charge is 2.42. The van der Waals surface area contributed by atoms with Gasteiger partial charge in [-0.3, -0.25) is 0 Å². The Morgan fingerprint density at radius 1 is 1.55 bits per heavy atom. The molecule has 2 saturated heterocycles. The quantitative estimate of drug-likeness (QED) is 0.602. The summed E-state index contributed by atoms with van der Waals surface area (Å²) in [5.74, 6) is 0.547. The van der Waals surface area contributed by atoms with Gasteiger partial charge in [-0.2, -0.15) is 0 Å². The Balaban J connectivity index is 2.01. The summed E-state index contributed by atoms with van der Waals surface area (Å²) in [4.78, 5) is 0. The molecule has 0 amide bonds. The molecule has 4 atom stereocenters. The van der Waals surface area contributed by atoms with Crippen molar-refractivity contribution < 1.29 is 4.74 Å². The van der Waals surface area contributed by atoms with Crippen LogP contribution in [0.2, 0.25) is 0 Å². The molecule has 4 unspecified atom stereocenters. The molecule has 0 spiro atoms. The van der Waals surface area contributed by atoms with E-state index in [1.54, 1.807) is 0 Å². The molecule has 62 valence electrons. The fraction of sp³-hybridized carbons (Fsp3) is 0.778. The van der Waals surface area contributed by atoms with Gasteiger partial charge in [-0.25, -0.2) is 0 Å². The van der Waals surface area contributed by atoms with Gasteiger partial charge in [0.25, 0.3) is 0 Å². The maximum Gasteiger partial charge on any atom is 0.0626 e. The van der Waals surface area contributed by atoms with Crippen molar-refractivity contribution in [1.82, 2.24) is 0 Å². The number of hydrogen-bond acceptors (Lipinski definition) is 2. The second kappa shape index (κ2) is 2.61. The van der Waals surface area contributed by atoms with Crippen LogP contribution in [0.3, 0.4) is 0 Å². The van der Waals surface area contributed by atoms with Gasteiger partial charge < -0.3 is 10.5 Å². The summed E-state index contributed by atoms with van der Waals surface area (Å²) in [6.07, 6.45) is 6.39. The highest BCUT2D eigenvalue weighted by Crippen LogP contribution is 2.39. The zero-order valence-electron chi connectivity index (χ0n) is 6.70. The monoisotopic (exact) mass is 153 g/mol. The minimum atomic E-state index is 0.144. The van der Waals surface area contributed by atoms with Gasteiger partial charge in [-0.1, -0.05) is 6.08 Å². The Morgan fingerprint density at radius 2 is 2.36 bits per heavy atom. The van der Waals surface area contributed by atoms with E-state index >= 15 is 0 Å². The van der Waals surface area contributed by atoms with Crippen molar-refractivity contribution in [3.63, 3.8) is 0 Å². The topological polar surface area (TPSA) is 35.2 Å². The lowest BCUT2D eigenvalue weighted by molar-refractivity contribution is 0.0908. The third kappa shape index (κ3) is 1.10. The lowest BCUT2D eigenvalue weighted by atomic mass is 9.84. The highest BCUT2D eigenvalue weighted by molar-refractivity contribution is 4.99. The molecule has 2 bridgehead atoms. The Hall–Kier alpha value is -0.340. The van der Waals surface area contributed by atoms with E-state index in [4.69, 9.17) is 10.5 Å². The van der Waals surface area contributed by atoms with Gasteiger partial charge in [0.05, 0.1) is 12.2 Å². The molecule has 11 heavy (non-hydrogen) atoms. The Morgan fingerprint density at radius 3 is 2.82 bits per heavy atom. The van der Waals surface area contributed by atoms with Gasteiger partial charge >= 0.3 is 0 Å². The number of nitrogens with two attached hydrogens (primary N) is 1. The van der Waals surface area contributed by atoms with Gasteiger partial charge in [0.15, 0.2) is 0 Å². The summed E-state index contributed by atoms with van der Waals surface area (Å²) in [5.41, 5.74) is 5.87. The molecule has 0 radical (unpaired) electrons. The van der Waals surface area contributed by atoms with Crippen LogP contribution in [-0.4, -0.2) is 18.2 Å². The third-order valence-corrected chi connectivity index (χ3v) is 2.92. The van der Waals surface area contributed by atoms with E-state index in [0.717, 1.165) is 6.42 Å². The van der Waals surface area contributed by atoms with Crippen molar-refractivity contribution >= 4 is 0 Å². The number of ether oxygens (including phenoxy) is 1. The summed E-state index contributed by atoms with van der Waals surface area (Å²) in [6.45, 7) is 3.71. The Labute approximate surface area is 67.4 Å². The standard InChI is InChI=1S/C9H15NO/c1-2-8(10)7-5-6-3-4-9(7)11-6/h2,6-9H,1,3-5,10H2. The fourth-order valence-corrected chi connectivity index (χ4v) is 2.26. The Bertz CT molecular complexity index is 169. The van der Waals surface area contributed by atoms with E-state index < -0.39 is 0 Å². The minimum absolute atomic E-state index is 0.144. The first-order valence-electron chi connectivity index (χ1n) is 4.35. The van der Waals surface area contributed by atoms with Crippen molar-refractivity contribution in [3.05, 3.63) is 12.7 Å². The SMILES string of the molecule is C=CC(N)C1CC2CCC1O2. The summed E-state index contributed by atoms with van der Waals surface area (Å²) >= 11 is 0. The number of fused-ring (bicyclic) bond motifs is 2. The van der Waals surface area contributed by atoms with Crippen LogP contribution in [0.1, 0.15) is 19.3 Å². The molecule has 2 fully saturated rings. The molecule has 0 saturated carbocycles. The number of rotatable bonds is 2. The van der Waals surface area contributed by atoms with Gasteiger partial charge in [-0.05, 0) is 19.3 Å². The van der Waals surface area contributed by atoms with Gasteiger partial charge in [0.1, 0.15) is 0 Å². The van der Waals surface area contributed by atoms with Crippen LogP contribution >= 0.6 is 0 Å². The number of hydrogen-bond donors (Lipinski definition) is 1. The first kappa shape index (κ1) is 7.32. The smallest absolute Gasteiger partial charge is 0.0626 e. The zero-order chi connectivity index (χ0) is 7.84. The van der Waals surface area contributed by atoms with E-state index in [0.29, 0.717) is 18.1 Å². The lowest BCUT2D eigenvalue weighted by Gasteiger charge is -2.22. The summed E-state index contributed by atoms with van der Waals surface area (Å²) in [6, 6.07) is 0.144. The van der Waals surface area contributed by atoms with E-state index in [-0.39, 0.29) is 6.04 Å². The first-order valence-corrected chi connectivity index (χ1v) is 4.35. The molecule has 0 aliphatic carbocycles. The average Bonchev–Trinajstić information content (AvgIpc) is 2.62. The molecule has 0 aromatic rings. The van der Waals surface area contributed by atoms with Crippen molar-refractivity contribution in [2.24, 2.45) is 11.7 Å². The molecule has 2 nitrogen and oxygen atoms in total. The Kier molecular flexibility index (Phi) is 1.74. The van der Waals surface area contributed by atoms with Gasteiger partial charge in [-0.15, -0.1) is 6.58 Å². The molecule has 2 heterocycles. The van der Waals surface area contributed by atoms with Crippen molar-refractivity contribution in [2.45, 2.75) is 37.5 Å². The maximum atomic E-state index is 5.87. The second-order valence-electron chi connectivity index (χ2n) is 3.59. The second-order valence-corrected chi connectivity index (χ2v) is 3.59. The normalized spacial score (nSPS) is 44.3. The fourth-order valence-electron chi connectivity index (χ4n) is 2.26. The summed E-state index contributed by atoms with van der Waals surface area (Å²) in [7, 11) is 0. The highest BCUT2D eigenvalue weighted by atomic mass is 16.5. The maximum absolute atomic E-state index is 5.87. The van der Waals surface area contributed by atoms with Crippen LogP contribution in [-0.2, 0) is 4.74 Å². The molecule has 2 heteroatoms. The minimum Gasteiger partial charge on any atom is -0.375 e. The molecular formula is C9H15NO. The first-order chi connectivity index (χ1) is 5.31. The van der Waals surface area contributed by atoms with Gasteiger partial charge in [0.2, 0.25) is 0 Å². The van der Waals surface area contributed by atoms with Gasteiger partial charge in [0, 0.05) is 12.0 Å². The van der Waals surface area contributed by atoms with E-state index in [1.165, 1.54) is 12.8 Å². The molecule has 2 aliphatic heterocycles.